The van der Waals surface area contributed by atoms with E-state index in [1.165, 1.54) is 5.69 Å². The van der Waals surface area contributed by atoms with Crippen molar-refractivity contribution in [3.05, 3.63) is 60.4 Å². The van der Waals surface area contributed by atoms with Crippen LogP contribution in [0.1, 0.15) is 5.69 Å². The minimum absolute atomic E-state index is 0.124. The molecule has 2 fully saturated rings. The van der Waals surface area contributed by atoms with Crippen LogP contribution in [0, 0.1) is 0 Å². The Hall–Kier alpha value is -2.03. The number of aromatic nitrogens is 1. The van der Waals surface area contributed by atoms with E-state index in [0.29, 0.717) is 13.1 Å². The highest BCUT2D eigenvalue weighted by atomic mass is 16.5. The number of hydrogen-bond acceptors (Lipinski definition) is 7. The molecule has 7 nitrogen and oxygen atoms in total. The molecule has 29 heavy (non-hydrogen) atoms. The molecule has 3 heterocycles. The van der Waals surface area contributed by atoms with E-state index in [1.54, 1.807) is 6.20 Å². The van der Waals surface area contributed by atoms with Crippen molar-refractivity contribution in [2.45, 2.75) is 30.9 Å². The van der Waals surface area contributed by atoms with Gasteiger partial charge in [-0.3, -0.25) is 9.88 Å². The molecule has 1 aromatic carbocycles. The van der Waals surface area contributed by atoms with Crippen LogP contribution in [-0.4, -0.2) is 83.8 Å². The molecule has 0 amide bonds. The number of piperazine rings is 1. The van der Waals surface area contributed by atoms with Gasteiger partial charge in [-0.15, -0.1) is 0 Å². The monoisotopic (exact) mass is 398 g/mol. The summed E-state index contributed by atoms with van der Waals surface area (Å²) in [6.07, 6.45) is 0.386. The average Bonchev–Trinajstić information content (AvgIpc) is 3.10. The number of ether oxygens (including phenoxy) is 1. The SMILES string of the molecule is OCC1OC(CNCc2ccccn2)C(N2CCN(c3ccccc3)CC2)C1O. The molecule has 2 saturated heterocycles. The lowest BCUT2D eigenvalue weighted by atomic mass is 10.0. The maximum atomic E-state index is 10.8. The van der Waals surface area contributed by atoms with Gasteiger partial charge in [0.1, 0.15) is 12.2 Å². The zero-order valence-corrected chi connectivity index (χ0v) is 16.6. The van der Waals surface area contributed by atoms with E-state index in [1.807, 2.05) is 24.3 Å². The lowest BCUT2D eigenvalue weighted by Gasteiger charge is -2.41. The molecule has 2 aliphatic heterocycles. The fourth-order valence-electron chi connectivity index (χ4n) is 4.36. The largest absolute Gasteiger partial charge is 0.394 e. The molecule has 2 aromatic rings. The van der Waals surface area contributed by atoms with Crippen molar-refractivity contribution in [1.82, 2.24) is 15.2 Å². The summed E-state index contributed by atoms with van der Waals surface area (Å²) in [4.78, 5) is 9.01. The third-order valence-electron chi connectivity index (χ3n) is 5.88. The van der Waals surface area contributed by atoms with Crippen molar-refractivity contribution in [2.24, 2.45) is 0 Å². The highest BCUT2D eigenvalue weighted by molar-refractivity contribution is 5.46. The molecule has 3 N–H and O–H groups in total. The van der Waals surface area contributed by atoms with Gasteiger partial charge in [-0.1, -0.05) is 24.3 Å². The summed E-state index contributed by atoms with van der Waals surface area (Å²) >= 11 is 0. The van der Waals surface area contributed by atoms with E-state index in [9.17, 15) is 10.2 Å². The predicted octanol–water partition coefficient (Wildman–Crippen LogP) is 0.483. The van der Waals surface area contributed by atoms with Crippen LogP contribution in [0.3, 0.4) is 0 Å². The molecule has 156 valence electrons. The van der Waals surface area contributed by atoms with Gasteiger partial charge in [-0.2, -0.15) is 0 Å². The van der Waals surface area contributed by atoms with Gasteiger partial charge >= 0.3 is 0 Å². The van der Waals surface area contributed by atoms with E-state index < -0.39 is 12.2 Å². The number of rotatable bonds is 7. The molecule has 4 unspecified atom stereocenters. The van der Waals surface area contributed by atoms with Gasteiger partial charge in [0, 0.05) is 51.2 Å². The topological polar surface area (TPSA) is 81.1 Å². The fraction of sp³-hybridized carbons (Fsp3) is 0.500. The third-order valence-corrected chi connectivity index (χ3v) is 5.88. The van der Waals surface area contributed by atoms with Crippen LogP contribution >= 0.6 is 0 Å². The second kappa shape index (κ2) is 9.65. The van der Waals surface area contributed by atoms with E-state index >= 15 is 0 Å². The predicted molar refractivity (Wildman–Crippen MR) is 112 cm³/mol. The standard InChI is InChI=1S/C22H30N4O3/c27-16-20-22(28)21(19(29-20)15-23-14-17-6-4-5-9-24-17)26-12-10-25(11-13-26)18-7-2-1-3-8-18/h1-9,19-23,27-28H,10-16H2. The van der Waals surface area contributed by atoms with Crippen molar-refractivity contribution in [2.75, 3.05) is 44.2 Å². The second-order valence-electron chi connectivity index (χ2n) is 7.69. The van der Waals surface area contributed by atoms with Crippen molar-refractivity contribution in [3.63, 3.8) is 0 Å². The van der Waals surface area contributed by atoms with Gasteiger partial charge in [0.2, 0.25) is 0 Å². The minimum atomic E-state index is -0.690. The molecule has 0 aliphatic carbocycles. The normalized spacial score (nSPS) is 28.0. The molecule has 7 heteroatoms. The summed E-state index contributed by atoms with van der Waals surface area (Å²) in [7, 11) is 0. The van der Waals surface area contributed by atoms with Crippen LogP contribution in [-0.2, 0) is 11.3 Å². The lowest BCUT2D eigenvalue weighted by molar-refractivity contribution is -0.0213. The van der Waals surface area contributed by atoms with Gasteiger partial charge in [-0.25, -0.2) is 0 Å². The highest BCUT2D eigenvalue weighted by Crippen LogP contribution is 2.27. The number of benzene rings is 1. The summed E-state index contributed by atoms with van der Waals surface area (Å²) in [5, 5.41) is 23.8. The molecular weight excluding hydrogens is 368 g/mol. The van der Waals surface area contributed by atoms with Crippen LogP contribution in [0.2, 0.25) is 0 Å². The maximum Gasteiger partial charge on any atom is 0.109 e. The number of aliphatic hydroxyl groups excluding tert-OH is 2. The number of nitrogens with zero attached hydrogens (tertiary/aromatic N) is 3. The Labute approximate surface area is 171 Å². The quantitative estimate of drug-likeness (QED) is 0.626. The Morgan fingerprint density at radius 1 is 1.00 bits per heavy atom. The van der Waals surface area contributed by atoms with Crippen LogP contribution in [0.5, 0.6) is 0 Å². The zero-order chi connectivity index (χ0) is 20.1. The van der Waals surface area contributed by atoms with Crippen LogP contribution in [0.4, 0.5) is 5.69 Å². The zero-order valence-electron chi connectivity index (χ0n) is 16.6. The molecule has 2 aliphatic rings. The van der Waals surface area contributed by atoms with Gasteiger partial charge in [0.25, 0.3) is 0 Å². The number of aliphatic hydroxyl groups is 2. The number of pyridine rings is 1. The summed E-state index contributed by atoms with van der Waals surface area (Å²) in [6.45, 7) is 4.61. The highest BCUT2D eigenvalue weighted by Gasteiger charge is 2.46. The molecule has 0 saturated carbocycles. The minimum Gasteiger partial charge on any atom is -0.394 e. The number of nitrogens with one attached hydrogen (secondary N) is 1. The molecule has 1 aromatic heterocycles. The first-order valence-corrected chi connectivity index (χ1v) is 10.4. The third kappa shape index (κ3) is 4.76. The maximum absolute atomic E-state index is 10.8. The molecule has 4 atom stereocenters. The molecule has 0 spiro atoms. The molecule has 0 bridgehead atoms. The Kier molecular flexibility index (Phi) is 6.74. The van der Waals surface area contributed by atoms with E-state index in [2.05, 4.69) is 44.4 Å². The number of anilines is 1. The van der Waals surface area contributed by atoms with Crippen molar-refractivity contribution in [1.29, 1.82) is 0 Å². The van der Waals surface area contributed by atoms with Crippen LogP contribution in [0.25, 0.3) is 0 Å². The van der Waals surface area contributed by atoms with Gasteiger partial charge < -0.3 is 25.2 Å². The summed E-state index contributed by atoms with van der Waals surface area (Å²) in [5.74, 6) is 0. The van der Waals surface area contributed by atoms with Gasteiger partial charge in [-0.05, 0) is 24.3 Å². The van der Waals surface area contributed by atoms with Gasteiger partial charge in [0.05, 0.1) is 24.4 Å². The Morgan fingerprint density at radius 3 is 2.45 bits per heavy atom. The fourth-order valence-corrected chi connectivity index (χ4v) is 4.36. The first-order chi connectivity index (χ1) is 14.3. The van der Waals surface area contributed by atoms with Crippen LogP contribution < -0.4 is 10.2 Å². The molecular formula is C22H30N4O3. The number of para-hydroxylation sites is 1. The van der Waals surface area contributed by atoms with Crippen LogP contribution in [0.15, 0.2) is 54.7 Å². The van der Waals surface area contributed by atoms with Gasteiger partial charge in [0.15, 0.2) is 0 Å². The first-order valence-electron chi connectivity index (χ1n) is 10.4. The number of hydrogen-bond donors (Lipinski definition) is 3. The van der Waals surface area contributed by atoms with Crippen molar-refractivity contribution in [3.8, 4) is 0 Å². The summed E-state index contributed by atoms with van der Waals surface area (Å²) in [6, 6.07) is 16.1. The smallest absolute Gasteiger partial charge is 0.109 e. The Balaban J connectivity index is 1.36. The van der Waals surface area contributed by atoms with E-state index in [0.717, 1.165) is 31.9 Å². The molecule has 4 rings (SSSR count). The van der Waals surface area contributed by atoms with Crippen molar-refractivity contribution >= 4 is 5.69 Å². The molecule has 0 radical (unpaired) electrons. The Morgan fingerprint density at radius 2 is 1.76 bits per heavy atom. The van der Waals surface area contributed by atoms with Crippen molar-refractivity contribution < 1.29 is 14.9 Å². The lowest BCUT2D eigenvalue weighted by Crippen LogP contribution is -2.57. The van der Waals surface area contributed by atoms with E-state index in [4.69, 9.17) is 4.74 Å². The summed E-state index contributed by atoms with van der Waals surface area (Å²) < 4.78 is 6.00. The second-order valence-corrected chi connectivity index (χ2v) is 7.69. The Bertz CT molecular complexity index is 740. The van der Waals surface area contributed by atoms with E-state index in [-0.39, 0.29) is 18.8 Å². The summed E-state index contributed by atoms with van der Waals surface area (Å²) in [5.41, 5.74) is 2.20. The average molecular weight is 399 g/mol. The first kappa shape index (κ1) is 20.3.